The number of halogens is 2. The van der Waals surface area contributed by atoms with E-state index in [1.165, 1.54) is 6.07 Å². The zero-order valence-electron chi connectivity index (χ0n) is 15.7. The fraction of sp³-hybridized carbons (Fsp3) is 0.368. The Morgan fingerprint density at radius 2 is 2.07 bits per heavy atom. The standard InChI is InChI=1S/C19H21F2N5O2S/c1-24-15(10-5-7-28-8-6-10)13(9-22)25-18(27)16-17(23)29-19(26-16)14-11(20)3-2-4-12(14)21/h2-4,9-10,13,22H,5-8,23H2,1H3,(H,25,27). The van der Waals surface area contributed by atoms with Crippen molar-refractivity contribution in [2.45, 2.75) is 18.9 Å². The van der Waals surface area contributed by atoms with E-state index in [4.69, 9.17) is 15.9 Å². The van der Waals surface area contributed by atoms with E-state index in [-0.39, 0.29) is 27.2 Å². The van der Waals surface area contributed by atoms with E-state index in [0.717, 1.165) is 42.5 Å². The van der Waals surface area contributed by atoms with Gasteiger partial charge in [0.25, 0.3) is 5.91 Å². The first-order valence-electron chi connectivity index (χ1n) is 9.02. The monoisotopic (exact) mass is 421 g/mol. The number of anilines is 1. The highest BCUT2D eigenvalue weighted by atomic mass is 32.1. The average Bonchev–Trinajstić information content (AvgIpc) is 3.09. The van der Waals surface area contributed by atoms with Crippen molar-refractivity contribution >= 4 is 34.2 Å². The molecule has 29 heavy (non-hydrogen) atoms. The van der Waals surface area contributed by atoms with Gasteiger partial charge in [-0.25, -0.2) is 13.8 Å². The molecular formula is C19H21F2N5O2S. The molecule has 1 fully saturated rings. The molecule has 154 valence electrons. The van der Waals surface area contributed by atoms with Crippen LogP contribution in [0.3, 0.4) is 0 Å². The van der Waals surface area contributed by atoms with Crippen LogP contribution in [0.25, 0.3) is 10.6 Å². The summed E-state index contributed by atoms with van der Waals surface area (Å²) in [6.07, 6.45) is 2.60. The summed E-state index contributed by atoms with van der Waals surface area (Å²) < 4.78 is 33.4. The molecule has 0 radical (unpaired) electrons. The summed E-state index contributed by atoms with van der Waals surface area (Å²) in [7, 11) is 1.61. The predicted molar refractivity (Wildman–Crippen MR) is 109 cm³/mol. The van der Waals surface area contributed by atoms with Gasteiger partial charge in [-0.2, -0.15) is 0 Å². The van der Waals surface area contributed by atoms with Gasteiger partial charge in [-0.05, 0) is 25.0 Å². The quantitative estimate of drug-likeness (QED) is 0.622. The SMILES string of the molecule is CN=C(C1CCOCC1)C(C=N)NC(=O)c1nc(-c2c(F)cccc2F)sc1N. The zero-order valence-corrected chi connectivity index (χ0v) is 16.6. The average molecular weight is 421 g/mol. The Kier molecular flexibility index (Phi) is 6.65. The number of thiazole rings is 1. The number of hydrogen-bond donors (Lipinski definition) is 3. The van der Waals surface area contributed by atoms with E-state index in [1.807, 2.05) is 0 Å². The molecule has 1 atom stereocenters. The van der Waals surface area contributed by atoms with Crippen LogP contribution in [0.2, 0.25) is 0 Å². The summed E-state index contributed by atoms with van der Waals surface area (Å²) in [6.45, 7) is 1.19. The number of carbonyl (C=O) groups excluding carboxylic acids is 1. The highest BCUT2D eigenvalue weighted by molar-refractivity contribution is 7.19. The van der Waals surface area contributed by atoms with E-state index >= 15 is 0 Å². The molecule has 1 aliphatic rings. The van der Waals surface area contributed by atoms with Crippen LogP contribution in [0.1, 0.15) is 23.3 Å². The number of amides is 1. The molecule has 1 aliphatic heterocycles. The molecule has 2 aromatic rings. The smallest absolute Gasteiger partial charge is 0.273 e. The molecular weight excluding hydrogens is 400 g/mol. The molecule has 0 bridgehead atoms. The maximum Gasteiger partial charge on any atom is 0.273 e. The molecule has 4 N–H and O–H groups in total. The molecule has 1 aromatic carbocycles. The summed E-state index contributed by atoms with van der Waals surface area (Å²) in [5.41, 5.74) is 6.10. The molecule has 1 aromatic heterocycles. The van der Waals surface area contributed by atoms with Gasteiger partial charge >= 0.3 is 0 Å². The number of carbonyl (C=O) groups is 1. The van der Waals surface area contributed by atoms with Crippen LogP contribution in [-0.4, -0.2) is 49.1 Å². The molecule has 0 spiro atoms. The first kappa shape index (κ1) is 21.0. The number of nitrogens with one attached hydrogen (secondary N) is 2. The summed E-state index contributed by atoms with van der Waals surface area (Å²) >= 11 is 0.823. The van der Waals surface area contributed by atoms with Gasteiger partial charge in [0.1, 0.15) is 27.7 Å². The third kappa shape index (κ3) is 4.48. The second kappa shape index (κ2) is 9.19. The largest absolute Gasteiger partial charge is 0.389 e. The van der Waals surface area contributed by atoms with Gasteiger partial charge in [-0.15, -0.1) is 0 Å². The summed E-state index contributed by atoms with van der Waals surface area (Å²) in [4.78, 5) is 21.1. The second-order valence-electron chi connectivity index (χ2n) is 6.48. The number of nitrogens with two attached hydrogens (primary N) is 1. The van der Waals surface area contributed by atoms with Crippen molar-refractivity contribution in [3.63, 3.8) is 0 Å². The van der Waals surface area contributed by atoms with Crippen molar-refractivity contribution in [1.82, 2.24) is 10.3 Å². The molecule has 10 heteroatoms. The van der Waals surface area contributed by atoms with Crippen LogP contribution in [-0.2, 0) is 4.74 Å². The minimum atomic E-state index is -0.789. The molecule has 2 heterocycles. The Balaban J connectivity index is 1.83. The lowest BCUT2D eigenvalue weighted by Gasteiger charge is -2.27. The number of rotatable bonds is 6. The molecule has 1 unspecified atom stereocenters. The van der Waals surface area contributed by atoms with E-state index < -0.39 is 23.6 Å². The van der Waals surface area contributed by atoms with E-state index in [9.17, 15) is 13.6 Å². The Hall–Kier alpha value is -2.72. The predicted octanol–water partition coefficient (Wildman–Crippen LogP) is 2.92. The molecule has 7 nitrogen and oxygen atoms in total. The van der Waals surface area contributed by atoms with Crippen molar-refractivity contribution in [2.75, 3.05) is 26.0 Å². The Morgan fingerprint density at radius 3 is 2.66 bits per heavy atom. The summed E-state index contributed by atoms with van der Waals surface area (Å²) in [5, 5.41) is 10.4. The number of hydrogen-bond acceptors (Lipinski definition) is 7. The van der Waals surface area contributed by atoms with Crippen molar-refractivity contribution < 1.29 is 18.3 Å². The fourth-order valence-corrected chi connectivity index (χ4v) is 4.16. The van der Waals surface area contributed by atoms with Crippen LogP contribution in [0.5, 0.6) is 0 Å². The van der Waals surface area contributed by atoms with Gasteiger partial charge in [0.2, 0.25) is 0 Å². The van der Waals surface area contributed by atoms with Crippen LogP contribution < -0.4 is 11.1 Å². The van der Waals surface area contributed by atoms with E-state index in [2.05, 4.69) is 15.3 Å². The first-order chi connectivity index (χ1) is 14.0. The van der Waals surface area contributed by atoms with Crippen molar-refractivity contribution in [3.8, 4) is 10.6 Å². The Labute approximate surface area is 170 Å². The summed E-state index contributed by atoms with van der Waals surface area (Å²) in [5.74, 6) is -2.12. The number of ether oxygens (including phenoxy) is 1. The maximum absolute atomic E-state index is 14.0. The Bertz CT molecular complexity index is 920. The van der Waals surface area contributed by atoms with Crippen LogP contribution >= 0.6 is 11.3 Å². The second-order valence-corrected chi connectivity index (χ2v) is 7.51. The van der Waals surface area contributed by atoms with Gasteiger partial charge in [0, 0.05) is 38.1 Å². The molecule has 1 saturated heterocycles. The van der Waals surface area contributed by atoms with E-state index in [1.54, 1.807) is 7.05 Å². The van der Waals surface area contributed by atoms with E-state index in [0.29, 0.717) is 18.9 Å². The minimum absolute atomic E-state index is 0.0246. The maximum atomic E-state index is 14.0. The zero-order chi connectivity index (χ0) is 21.0. The van der Waals surface area contributed by atoms with Crippen LogP contribution in [0, 0.1) is 23.0 Å². The molecule has 3 rings (SSSR count). The molecule has 0 saturated carbocycles. The molecule has 0 aliphatic carbocycles. The summed E-state index contributed by atoms with van der Waals surface area (Å²) in [6, 6.07) is 2.73. The number of aliphatic imine (C=N–C) groups is 1. The van der Waals surface area contributed by atoms with Crippen molar-refractivity contribution in [2.24, 2.45) is 10.9 Å². The first-order valence-corrected chi connectivity index (χ1v) is 9.84. The van der Waals surface area contributed by atoms with Crippen LogP contribution in [0.15, 0.2) is 23.2 Å². The fourth-order valence-electron chi connectivity index (χ4n) is 3.28. The van der Waals surface area contributed by atoms with Gasteiger partial charge in [0.15, 0.2) is 5.69 Å². The topological polar surface area (TPSA) is 113 Å². The lowest BCUT2D eigenvalue weighted by molar-refractivity contribution is 0.0819. The third-order valence-corrected chi connectivity index (χ3v) is 5.62. The Morgan fingerprint density at radius 1 is 1.41 bits per heavy atom. The van der Waals surface area contributed by atoms with Gasteiger partial charge in [0.05, 0.1) is 5.56 Å². The van der Waals surface area contributed by atoms with Gasteiger partial charge < -0.3 is 21.2 Å². The lowest BCUT2D eigenvalue weighted by atomic mass is 9.90. The van der Waals surface area contributed by atoms with Gasteiger partial charge in [-0.1, -0.05) is 17.4 Å². The number of aromatic nitrogens is 1. The highest BCUT2D eigenvalue weighted by Gasteiger charge is 2.28. The minimum Gasteiger partial charge on any atom is -0.389 e. The van der Waals surface area contributed by atoms with Gasteiger partial charge in [-0.3, -0.25) is 9.79 Å². The number of nitrogen functional groups attached to an aromatic ring is 1. The highest BCUT2D eigenvalue weighted by Crippen LogP contribution is 2.33. The van der Waals surface area contributed by atoms with Crippen LogP contribution in [0.4, 0.5) is 13.8 Å². The van der Waals surface area contributed by atoms with Crippen molar-refractivity contribution in [1.29, 1.82) is 5.41 Å². The third-order valence-electron chi connectivity index (χ3n) is 4.71. The molecule has 1 amide bonds. The normalized spacial score (nSPS) is 16.4. The lowest BCUT2D eigenvalue weighted by Crippen LogP contribution is -2.46. The number of nitrogens with zero attached hydrogens (tertiary/aromatic N) is 2. The number of benzene rings is 1. The van der Waals surface area contributed by atoms with Crippen molar-refractivity contribution in [3.05, 3.63) is 35.5 Å².